The average molecular weight is 334 g/mol. The zero-order valence-corrected chi connectivity index (χ0v) is 11.7. The molecule has 22 heavy (non-hydrogen) atoms. The number of nitrogens with zero attached hydrogens (tertiary/aromatic N) is 1. The Balaban J connectivity index is 2.08. The number of carbonyl (C=O) groups excluding carboxylic acids is 1. The molecule has 2 aliphatic heterocycles. The third kappa shape index (κ3) is 2.84. The molecule has 2 heterocycles. The number of likely N-dealkylation sites (tertiary alicyclic amines) is 1. The number of ether oxygens (including phenoxy) is 1. The number of alkyl halides is 6. The van der Waals surface area contributed by atoms with Crippen molar-refractivity contribution in [2.24, 2.45) is 5.41 Å². The molecule has 0 aliphatic carbocycles. The zero-order chi connectivity index (χ0) is 16.8. The van der Waals surface area contributed by atoms with Crippen molar-refractivity contribution in [1.29, 1.82) is 0 Å². The van der Waals surface area contributed by atoms with Gasteiger partial charge >= 0.3 is 18.4 Å². The second kappa shape index (κ2) is 5.47. The smallest absolute Gasteiger partial charge is 0.376 e. The number of urea groups is 1. The predicted molar refractivity (Wildman–Crippen MR) is 63.1 cm³/mol. The first-order valence-corrected chi connectivity index (χ1v) is 6.78. The fraction of sp³-hybridized carbons (Fsp3) is 0.917. The van der Waals surface area contributed by atoms with Crippen molar-refractivity contribution in [3.8, 4) is 0 Å². The summed E-state index contributed by atoms with van der Waals surface area (Å²) in [5.74, 6) is 0. The minimum atomic E-state index is -5.45. The Labute approximate surface area is 122 Å². The number of hydrogen-bond donors (Lipinski definition) is 1. The lowest BCUT2D eigenvalue weighted by Crippen LogP contribution is -2.53. The zero-order valence-electron chi connectivity index (χ0n) is 11.7. The van der Waals surface area contributed by atoms with E-state index in [0.717, 1.165) is 0 Å². The Morgan fingerprint density at radius 3 is 2.23 bits per heavy atom. The quantitative estimate of drug-likeness (QED) is 0.749. The maximum atomic E-state index is 12.9. The van der Waals surface area contributed by atoms with Crippen LogP contribution in [0.1, 0.15) is 19.8 Å². The lowest BCUT2D eigenvalue weighted by atomic mass is 9.85. The molecular weight excluding hydrogens is 318 g/mol. The van der Waals surface area contributed by atoms with Crippen molar-refractivity contribution in [2.45, 2.75) is 44.3 Å². The van der Waals surface area contributed by atoms with Gasteiger partial charge < -0.3 is 15.0 Å². The molecule has 2 saturated heterocycles. The fourth-order valence-electron chi connectivity index (χ4n) is 2.78. The first-order valence-electron chi connectivity index (χ1n) is 6.78. The largest absolute Gasteiger partial charge is 0.404 e. The highest BCUT2D eigenvalue weighted by molar-refractivity contribution is 5.75. The number of nitrogens with one attached hydrogen (secondary N) is 1. The summed E-state index contributed by atoms with van der Waals surface area (Å²) in [6.45, 7) is 0.0689. The summed E-state index contributed by atoms with van der Waals surface area (Å²) >= 11 is 0. The Morgan fingerprint density at radius 1 is 1.23 bits per heavy atom. The van der Waals surface area contributed by atoms with Crippen LogP contribution in [0.4, 0.5) is 31.1 Å². The molecule has 0 aromatic rings. The lowest BCUT2D eigenvalue weighted by Gasteiger charge is -2.33. The van der Waals surface area contributed by atoms with Crippen LogP contribution < -0.4 is 5.32 Å². The van der Waals surface area contributed by atoms with Crippen molar-refractivity contribution < 1.29 is 35.9 Å². The molecule has 0 radical (unpaired) electrons. The molecule has 0 bridgehead atoms. The summed E-state index contributed by atoms with van der Waals surface area (Å²) in [5, 5.41) is 2.44. The molecule has 0 unspecified atom stereocenters. The van der Waals surface area contributed by atoms with Crippen LogP contribution in [0, 0.1) is 5.41 Å². The van der Waals surface area contributed by atoms with Gasteiger partial charge in [0, 0.05) is 19.7 Å². The Hall–Kier alpha value is -1.19. The number of hydrogen-bond acceptors (Lipinski definition) is 2. The molecule has 0 aromatic heterocycles. The first kappa shape index (κ1) is 17.2. The first-order chi connectivity index (χ1) is 9.98. The topological polar surface area (TPSA) is 41.6 Å². The third-order valence-corrected chi connectivity index (χ3v) is 4.33. The normalized spacial score (nSPS) is 29.0. The molecule has 4 nitrogen and oxygen atoms in total. The Morgan fingerprint density at radius 2 is 1.82 bits per heavy atom. The SMILES string of the molecule is C[C@H]1OCC[C@@H]1NC(=O)N1CCC(C(F)(F)F)(C(F)(F)F)C1. The molecule has 2 fully saturated rings. The van der Waals surface area contributed by atoms with Crippen LogP contribution in [0.25, 0.3) is 0 Å². The number of carbonyl (C=O) groups is 1. The Kier molecular flexibility index (Phi) is 4.27. The minimum Gasteiger partial charge on any atom is -0.376 e. The summed E-state index contributed by atoms with van der Waals surface area (Å²) in [4.78, 5) is 12.5. The van der Waals surface area contributed by atoms with Crippen molar-refractivity contribution in [3.63, 3.8) is 0 Å². The van der Waals surface area contributed by atoms with Gasteiger partial charge in [0.1, 0.15) is 0 Å². The van der Waals surface area contributed by atoms with Crippen LogP contribution in [0.15, 0.2) is 0 Å². The molecule has 0 spiro atoms. The van der Waals surface area contributed by atoms with Crippen molar-refractivity contribution >= 4 is 6.03 Å². The number of halogens is 6. The van der Waals surface area contributed by atoms with E-state index in [2.05, 4.69) is 5.32 Å². The second-order valence-electron chi connectivity index (χ2n) is 5.67. The van der Waals surface area contributed by atoms with Gasteiger partial charge in [0.15, 0.2) is 5.41 Å². The van der Waals surface area contributed by atoms with E-state index >= 15 is 0 Å². The molecule has 0 saturated carbocycles. The average Bonchev–Trinajstić information content (AvgIpc) is 2.95. The van der Waals surface area contributed by atoms with Crippen LogP contribution in [0.5, 0.6) is 0 Å². The van der Waals surface area contributed by atoms with E-state index < -0.39 is 49.4 Å². The van der Waals surface area contributed by atoms with Gasteiger partial charge in [-0.05, 0) is 19.8 Å². The van der Waals surface area contributed by atoms with E-state index in [4.69, 9.17) is 4.74 Å². The summed E-state index contributed by atoms with van der Waals surface area (Å²) in [6, 6.07) is -1.32. The third-order valence-electron chi connectivity index (χ3n) is 4.33. The van der Waals surface area contributed by atoms with Crippen LogP contribution in [-0.4, -0.2) is 55.1 Å². The Bertz CT molecular complexity index is 422. The molecule has 2 amide bonds. The summed E-state index contributed by atoms with van der Waals surface area (Å²) in [5.41, 5.74) is -3.85. The van der Waals surface area contributed by atoms with E-state index in [1.165, 1.54) is 0 Å². The highest BCUT2D eigenvalue weighted by atomic mass is 19.4. The maximum absolute atomic E-state index is 12.9. The van der Waals surface area contributed by atoms with Crippen molar-refractivity contribution in [1.82, 2.24) is 10.2 Å². The van der Waals surface area contributed by atoms with Gasteiger partial charge in [-0.1, -0.05) is 0 Å². The van der Waals surface area contributed by atoms with Crippen LogP contribution in [-0.2, 0) is 4.74 Å². The van der Waals surface area contributed by atoms with Gasteiger partial charge in [0.05, 0.1) is 12.1 Å². The van der Waals surface area contributed by atoms with Gasteiger partial charge in [-0.15, -0.1) is 0 Å². The molecule has 1 N–H and O–H groups in total. The van der Waals surface area contributed by atoms with Crippen molar-refractivity contribution in [3.05, 3.63) is 0 Å². The van der Waals surface area contributed by atoms with Crippen LogP contribution >= 0.6 is 0 Å². The summed E-state index contributed by atoms with van der Waals surface area (Å²) in [7, 11) is 0. The molecular formula is C12H16F6N2O2. The lowest BCUT2D eigenvalue weighted by molar-refractivity contribution is -0.334. The molecule has 2 aliphatic rings. The van der Waals surface area contributed by atoms with Gasteiger partial charge in [-0.25, -0.2) is 4.79 Å². The van der Waals surface area contributed by atoms with E-state index in [9.17, 15) is 31.1 Å². The van der Waals surface area contributed by atoms with Gasteiger partial charge in [0.25, 0.3) is 0 Å². The van der Waals surface area contributed by atoms with E-state index in [1.807, 2.05) is 0 Å². The van der Waals surface area contributed by atoms with E-state index in [-0.39, 0.29) is 6.10 Å². The monoisotopic (exact) mass is 334 g/mol. The molecule has 2 rings (SSSR count). The molecule has 0 aromatic carbocycles. The second-order valence-corrected chi connectivity index (χ2v) is 5.67. The van der Waals surface area contributed by atoms with Gasteiger partial charge in [0.2, 0.25) is 0 Å². The van der Waals surface area contributed by atoms with Gasteiger partial charge in [-0.2, -0.15) is 26.3 Å². The standard InChI is InChI=1S/C12H16F6N2O2/c1-7-8(2-5-22-7)19-9(21)20-4-3-10(6-20,11(13,14)15)12(16,17)18/h7-8H,2-6H2,1H3,(H,19,21)/t7-,8+/m1/s1. The highest BCUT2D eigenvalue weighted by Crippen LogP contribution is 2.55. The maximum Gasteiger partial charge on any atom is 0.404 e. The summed E-state index contributed by atoms with van der Waals surface area (Å²) < 4.78 is 82.7. The predicted octanol–water partition coefficient (Wildman–Crippen LogP) is 2.69. The molecule has 2 atom stereocenters. The molecule has 10 heteroatoms. The van der Waals surface area contributed by atoms with Crippen LogP contribution in [0.2, 0.25) is 0 Å². The summed E-state index contributed by atoms with van der Waals surface area (Å²) in [6.07, 6.45) is -11.9. The number of amides is 2. The van der Waals surface area contributed by atoms with Gasteiger partial charge in [-0.3, -0.25) is 0 Å². The fourth-order valence-corrected chi connectivity index (χ4v) is 2.78. The van der Waals surface area contributed by atoms with E-state index in [0.29, 0.717) is 17.9 Å². The van der Waals surface area contributed by atoms with Crippen LogP contribution in [0.3, 0.4) is 0 Å². The minimum absolute atomic E-state index is 0.318. The number of rotatable bonds is 1. The van der Waals surface area contributed by atoms with E-state index in [1.54, 1.807) is 6.92 Å². The highest BCUT2D eigenvalue weighted by Gasteiger charge is 2.73. The molecule has 128 valence electrons. The van der Waals surface area contributed by atoms with Crippen molar-refractivity contribution in [2.75, 3.05) is 19.7 Å².